The van der Waals surface area contributed by atoms with Gasteiger partial charge >= 0.3 is 5.69 Å². The van der Waals surface area contributed by atoms with Crippen molar-refractivity contribution in [3.8, 4) is 0 Å². The molecule has 3 rings (SSSR count). The summed E-state index contributed by atoms with van der Waals surface area (Å²) in [4.78, 5) is 35.6. The molecule has 0 radical (unpaired) electrons. The van der Waals surface area contributed by atoms with E-state index in [2.05, 4.69) is 35.9 Å². The van der Waals surface area contributed by atoms with Crippen molar-refractivity contribution in [3.05, 3.63) is 37.4 Å². The summed E-state index contributed by atoms with van der Waals surface area (Å²) in [6.45, 7) is 0. The first kappa shape index (κ1) is 10.9. The second-order valence-electron chi connectivity index (χ2n) is 3.67. The lowest BCUT2D eigenvalue weighted by Crippen LogP contribution is -2.23. The summed E-state index contributed by atoms with van der Waals surface area (Å²) in [6, 6.07) is 3.32. The highest BCUT2D eigenvalue weighted by Crippen LogP contribution is 2.27. The van der Waals surface area contributed by atoms with Crippen LogP contribution >= 0.6 is 15.9 Å². The largest absolute Gasteiger partial charge is 0.398 e. The van der Waals surface area contributed by atoms with Gasteiger partial charge in [-0.25, -0.2) is 14.8 Å². The van der Waals surface area contributed by atoms with Crippen molar-refractivity contribution in [1.82, 2.24) is 19.9 Å². The van der Waals surface area contributed by atoms with Gasteiger partial charge in [0.1, 0.15) is 5.52 Å². The van der Waals surface area contributed by atoms with Crippen LogP contribution in [0, 0.1) is 0 Å². The highest BCUT2D eigenvalue weighted by atomic mass is 79.9. The molecule has 3 aromatic rings. The quantitative estimate of drug-likeness (QED) is 0.413. The number of hydrogen-bond donors (Lipinski definition) is 3. The summed E-state index contributed by atoms with van der Waals surface area (Å²) < 4.78 is 0.579. The Bertz CT molecular complexity index is 898. The smallest absolute Gasteiger partial charge is 0.327 e. The number of nitrogens with one attached hydrogen (secondary N) is 2. The number of nitrogens with two attached hydrogens (primary N) is 1. The van der Waals surface area contributed by atoms with E-state index >= 15 is 0 Å². The highest BCUT2D eigenvalue weighted by Gasteiger charge is 2.10. The zero-order valence-electron chi connectivity index (χ0n) is 8.82. The summed E-state index contributed by atoms with van der Waals surface area (Å²) in [5.41, 5.74) is 6.26. The Hall–Kier alpha value is -2.22. The first-order valence-corrected chi connectivity index (χ1v) is 5.73. The summed E-state index contributed by atoms with van der Waals surface area (Å²) in [5, 5.41) is 0. The van der Waals surface area contributed by atoms with Crippen LogP contribution in [-0.4, -0.2) is 19.9 Å². The highest BCUT2D eigenvalue weighted by molar-refractivity contribution is 9.10. The SMILES string of the molecule is Nc1ccc2nc3c(=O)[nH]c(=O)[nH]c3nc2c1Br. The standard InChI is InChI=1S/C10H6BrN5O2/c11-5-3(12)1-2-4-6(5)14-8-7(13-4)9(17)16-10(18)15-8/h1-2H,12H2,(H2,14,15,16,17,18). The lowest BCUT2D eigenvalue weighted by atomic mass is 10.2. The minimum atomic E-state index is -0.624. The van der Waals surface area contributed by atoms with Crippen molar-refractivity contribution in [3.63, 3.8) is 0 Å². The van der Waals surface area contributed by atoms with Gasteiger partial charge in [0.05, 0.1) is 9.99 Å². The van der Waals surface area contributed by atoms with E-state index in [4.69, 9.17) is 5.73 Å². The molecule has 0 unspecified atom stereocenters. The molecule has 0 saturated heterocycles. The fourth-order valence-corrected chi connectivity index (χ4v) is 2.08. The van der Waals surface area contributed by atoms with Crippen molar-refractivity contribution in [1.29, 1.82) is 0 Å². The number of fused-ring (bicyclic) bond motifs is 2. The number of nitrogens with zero attached hydrogens (tertiary/aromatic N) is 2. The molecule has 7 nitrogen and oxygen atoms in total. The summed E-state index contributed by atoms with van der Waals surface area (Å²) in [6.07, 6.45) is 0. The summed E-state index contributed by atoms with van der Waals surface area (Å²) in [5.74, 6) is 0. The molecule has 4 N–H and O–H groups in total. The van der Waals surface area contributed by atoms with E-state index in [-0.39, 0.29) is 11.2 Å². The van der Waals surface area contributed by atoms with E-state index in [1.54, 1.807) is 12.1 Å². The van der Waals surface area contributed by atoms with Crippen LogP contribution in [-0.2, 0) is 0 Å². The minimum absolute atomic E-state index is 0.0822. The summed E-state index contributed by atoms with van der Waals surface area (Å²) in [7, 11) is 0. The number of aromatic amines is 2. The third-order valence-electron chi connectivity index (χ3n) is 2.48. The Balaban J connectivity index is 2.60. The number of H-pyrrole nitrogens is 2. The van der Waals surface area contributed by atoms with Gasteiger partial charge in [0.25, 0.3) is 5.56 Å². The van der Waals surface area contributed by atoms with Crippen LogP contribution in [0.3, 0.4) is 0 Å². The van der Waals surface area contributed by atoms with Gasteiger partial charge in [0.15, 0.2) is 11.2 Å². The minimum Gasteiger partial charge on any atom is -0.398 e. The van der Waals surface area contributed by atoms with Crippen LogP contribution in [0.15, 0.2) is 26.2 Å². The van der Waals surface area contributed by atoms with Crippen molar-refractivity contribution < 1.29 is 0 Å². The molecule has 0 spiro atoms. The molecule has 2 heterocycles. The molecular formula is C10H6BrN5O2. The monoisotopic (exact) mass is 307 g/mol. The second-order valence-corrected chi connectivity index (χ2v) is 4.46. The van der Waals surface area contributed by atoms with E-state index in [0.717, 1.165) is 0 Å². The number of nitrogen functional groups attached to an aromatic ring is 1. The molecule has 0 amide bonds. The van der Waals surface area contributed by atoms with E-state index < -0.39 is 11.2 Å². The molecule has 0 aliphatic carbocycles. The Kier molecular flexibility index (Phi) is 2.20. The lowest BCUT2D eigenvalue weighted by Gasteiger charge is -2.03. The molecule has 0 atom stereocenters. The number of halogens is 1. The predicted molar refractivity (Wildman–Crippen MR) is 70.4 cm³/mol. The van der Waals surface area contributed by atoms with Crippen molar-refractivity contribution in [2.45, 2.75) is 0 Å². The summed E-state index contributed by atoms with van der Waals surface area (Å²) >= 11 is 3.30. The third-order valence-corrected chi connectivity index (χ3v) is 3.31. The van der Waals surface area contributed by atoms with Crippen LogP contribution in [0.25, 0.3) is 22.2 Å². The zero-order chi connectivity index (χ0) is 12.9. The fourth-order valence-electron chi connectivity index (χ4n) is 1.65. The predicted octanol–water partition coefficient (Wildman–Crippen LogP) is 0.504. The van der Waals surface area contributed by atoms with Crippen LogP contribution in [0.2, 0.25) is 0 Å². The van der Waals surface area contributed by atoms with Crippen molar-refractivity contribution in [2.24, 2.45) is 0 Å². The molecule has 1 aromatic carbocycles. The maximum absolute atomic E-state index is 11.6. The zero-order valence-corrected chi connectivity index (χ0v) is 10.4. The first-order valence-electron chi connectivity index (χ1n) is 4.94. The number of benzene rings is 1. The molecule has 18 heavy (non-hydrogen) atoms. The normalized spacial score (nSPS) is 11.2. The van der Waals surface area contributed by atoms with E-state index in [9.17, 15) is 9.59 Å². The van der Waals surface area contributed by atoms with Crippen LogP contribution in [0.4, 0.5) is 5.69 Å². The second kappa shape index (κ2) is 3.64. The van der Waals surface area contributed by atoms with Crippen LogP contribution in [0.1, 0.15) is 0 Å². The molecule has 0 bridgehead atoms. The van der Waals surface area contributed by atoms with Gasteiger partial charge in [-0.1, -0.05) is 0 Å². The van der Waals surface area contributed by atoms with Crippen molar-refractivity contribution in [2.75, 3.05) is 5.73 Å². The molecule has 0 fully saturated rings. The third kappa shape index (κ3) is 1.50. The number of rotatable bonds is 0. The first-order chi connectivity index (χ1) is 8.56. The Morgan fingerprint density at radius 2 is 1.89 bits per heavy atom. The van der Waals surface area contributed by atoms with Gasteiger partial charge in [0, 0.05) is 5.69 Å². The maximum atomic E-state index is 11.6. The van der Waals surface area contributed by atoms with Gasteiger partial charge < -0.3 is 5.73 Å². The van der Waals surface area contributed by atoms with E-state index in [1.807, 2.05) is 0 Å². The lowest BCUT2D eigenvalue weighted by molar-refractivity contribution is 1.05. The van der Waals surface area contributed by atoms with Gasteiger partial charge in [0.2, 0.25) is 0 Å². The van der Waals surface area contributed by atoms with Gasteiger partial charge in [-0.15, -0.1) is 0 Å². The number of hydrogen-bond acceptors (Lipinski definition) is 5. The molecule has 2 aromatic heterocycles. The van der Waals surface area contributed by atoms with Gasteiger partial charge in [-0.2, -0.15) is 0 Å². The molecular weight excluding hydrogens is 302 g/mol. The molecule has 0 saturated carbocycles. The number of anilines is 1. The molecule has 0 aliphatic rings. The average Bonchev–Trinajstić information content (AvgIpc) is 2.33. The van der Waals surface area contributed by atoms with E-state index in [0.29, 0.717) is 21.2 Å². The Morgan fingerprint density at radius 1 is 1.11 bits per heavy atom. The van der Waals surface area contributed by atoms with Crippen LogP contribution < -0.4 is 17.0 Å². The topological polar surface area (TPSA) is 118 Å². The molecule has 90 valence electrons. The molecule has 0 aliphatic heterocycles. The molecule has 8 heteroatoms. The number of aromatic nitrogens is 4. The van der Waals surface area contributed by atoms with Crippen LogP contribution in [0.5, 0.6) is 0 Å². The van der Waals surface area contributed by atoms with E-state index in [1.165, 1.54) is 0 Å². The Morgan fingerprint density at radius 3 is 2.67 bits per heavy atom. The van der Waals surface area contributed by atoms with Crippen molar-refractivity contribution >= 4 is 43.8 Å². The van der Waals surface area contributed by atoms with Gasteiger partial charge in [-0.05, 0) is 28.1 Å². The fraction of sp³-hybridized carbons (Fsp3) is 0. The Labute approximate surface area is 107 Å². The van der Waals surface area contributed by atoms with Gasteiger partial charge in [-0.3, -0.25) is 14.8 Å². The maximum Gasteiger partial charge on any atom is 0.327 e. The average molecular weight is 308 g/mol.